The minimum Gasteiger partial charge on any atom is -0.474 e. The summed E-state index contributed by atoms with van der Waals surface area (Å²) in [5, 5.41) is 22.3. The number of Topliss-reactive ketones (excluding diaryl/α,β-unsaturated/α-hetero) is 1. The van der Waals surface area contributed by atoms with Gasteiger partial charge in [-0.2, -0.15) is 5.10 Å². The van der Waals surface area contributed by atoms with Crippen LogP contribution in [0.2, 0.25) is 0 Å². The van der Waals surface area contributed by atoms with E-state index in [1.807, 2.05) is 6.07 Å². The highest BCUT2D eigenvalue weighted by Crippen LogP contribution is 2.38. The normalized spacial score (nSPS) is 21.3. The standard InChI is InChI=1S/C19H21N5O5S/c20-30(28,16-7-21-24-8-11(25)9-29-18(16)24)23-19(27)22-17-12-3-1-2-10(12)6-14-13(17)4-5-15(14)26/h6-7,11,25H,1-5,8-9H2,(H3,20,22,23,27,28). The quantitative estimate of drug-likeness (QED) is 0.650. The molecule has 4 N–H and O–H groups in total. The fourth-order valence-electron chi connectivity index (χ4n) is 4.39. The molecule has 11 heteroatoms. The Bertz CT molecular complexity index is 1210. The monoisotopic (exact) mass is 431 g/mol. The van der Waals surface area contributed by atoms with Gasteiger partial charge in [-0.1, -0.05) is 0 Å². The number of aryl methyl sites for hydroxylation is 1. The number of nitrogens with two attached hydrogens (primary N) is 1. The average Bonchev–Trinajstić information content (AvgIpc) is 3.40. The number of amides is 2. The maximum Gasteiger partial charge on any atom is 0.354 e. The van der Waals surface area contributed by atoms with Crippen LogP contribution in [0.15, 0.2) is 21.5 Å². The van der Waals surface area contributed by atoms with E-state index in [0.717, 1.165) is 36.0 Å². The molecule has 30 heavy (non-hydrogen) atoms. The molecule has 2 aliphatic carbocycles. The lowest BCUT2D eigenvalue weighted by Gasteiger charge is -2.20. The van der Waals surface area contributed by atoms with Crippen LogP contribution in [-0.2, 0) is 35.7 Å². The molecule has 0 saturated heterocycles. The topological polar surface area (TPSA) is 149 Å². The first-order valence-electron chi connectivity index (χ1n) is 9.77. The second-order valence-corrected chi connectivity index (χ2v) is 9.50. The highest BCUT2D eigenvalue weighted by atomic mass is 32.2. The number of benzene rings is 1. The number of rotatable bonds is 2. The van der Waals surface area contributed by atoms with Crippen LogP contribution in [0.25, 0.3) is 0 Å². The number of aliphatic hydroxyl groups is 1. The zero-order valence-electron chi connectivity index (χ0n) is 16.1. The molecular formula is C19H21N5O5S. The molecule has 2 unspecified atom stereocenters. The van der Waals surface area contributed by atoms with Gasteiger partial charge in [0.1, 0.15) is 17.6 Å². The van der Waals surface area contributed by atoms with E-state index in [2.05, 4.69) is 14.8 Å². The molecule has 2 heterocycles. The maximum atomic E-state index is 13.0. The molecule has 1 aliphatic heterocycles. The van der Waals surface area contributed by atoms with Gasteiger partial charge in [-0.25, -0.2) is 18.8 Å². The predicted molar refractivity (Wildman–Crippen MR) is 107 cm³/mol. The largest absolute Gasteiger partial charge is 0.474 e. The molecular weight excluding hydrogens is 410 g/mol. The first-order chi connectivity index (χ1) is 14.3. The third kappa shape index (κ3) is 3.09. The number of nitrogens with one attached hydrogen (secondary N) is 1. The van der Waals surface area contributed by atoms with Gasteiger partial charge in [-0.3, -0.25) is 4.79 Å². The molecule has 0 radical (unpaired) electrons. The number of fused-ring (bicyclic) bond motifs is 3. The molecule has 5 rings (SSSR count). The zero-order valence-corrected chi connectivity index (χ0v) is 16.9. The van der Waals surface area contributed by atoms with E-state index in [1.165, 1.54) is 10.9 Å². The van der Waals surface area contributed by atoms with Crippen molar-refractivity contribution in [2.45, 2.75) is 49.6 Å². The molecule has 1 aromatic heterocycles. The number of hydrogen-bond donors (Lipinski definition) is 3. The smallest absolute Gasteiger partial charge is 0.354 e. The van der Waals surface area contributed by atoms with Crippen molar-refractivity contribution >= 4 is 27.4 Å². The summed E-state index contributed by atoms with van der Waals surface area (Å²) in [4.78, 5) is 24.9. The number of nitrogens with zero attached hydrogens (tertiary/aromatic N) is 3. The van der Waals surface area contributed by atoms with E-state index in [4.69, 9.17) is 9.88 Å². The number of ether oxygens (including phenoxy) is 1. The Kier molecular flexibility index (Phi) is 4.42. The lowest BCUT2D eigenvalue weighted by molar-refractivity contribution is 0.0538. The van der Waals surface area contributed by atoms with Crippen molar-refractivity contribution in [1.82, 2.24) is 9.78 Å². The van der Waals surface area contributed by atoms with Crippen LogP contribution in [0, 0.1) is 0 Å². The maximum absolute atomic E-state index is 13.0. The summed E-state index contributed by atoms with van der Waals surface area (Å²) in [6.45, 7) is 0.185. The van der Waals surface area contributed by atoms with E-state index in [0.29, 0.717) is 24.1 Å². The van der Waals surface area contributed by atoms with E-state index < -0.39 is 22.1 Å². The number of aliphatic hydroxyl groups excluding tert-OH is 1. The highest BCUT2D eigenvalue weighted by molar-refractivity contribution is 7.91. The molecule has 3 aliphatic rings. The van der Waals surface area contributed by atoms with Crippen molar-refractivity contribution in [3.63, 3.8) is 0 Å². The van der Waals surface area contributed by atoms with Crippen molar-refractivity contribution in [3.05, 3.63) is 34.5 Å². The van der Waals surface area contributed by atoms with Gasteiger partial charge in [0.15, 0.2) is 15.7 Å². The minimum atomic E-state index is -3.63. The van der Waals surface area contributed by atoms with Crippen molar-refractivity contribution in [3.8, 4) is 5.88 Å². The Hall–Kier alpha value is -2.76. The Balaban J connectivity index is 1.49. The van der Waals surface area contributed by atoms with Crippen molar-refractivity contribution in [1.29, 1.82) is 0 Å². The SMILES string of the molecule is NS(=O)(=NC(=O)Nc1c2c(cc3c1CCC3=O)CCC2)c1cnn2c1OCC(O)C2. The van der Waals surface area contributed by atoms with Crippen LogP contribution in [0.3, 0.4) is 0 Å². The molecule has 2 amide bonds. The van der Waals surface area contributed by atoms with E-state index in [1.54, 1.807) is 0 Å². The van der Waals surface area contributed by atoms with Gasteiger partial charge in [-0.15, -0.1) is 4.36 Å². The van der Waals surface area contributed by atoms with E-state index in [-0.39, 0.29) is 29.7 Å². The van der Waals surface area contributed by atoms with Gasteiger partial charge < -0.3 is 15.2 Å². The first-order valence-corrected chi connectivity index (χ1v) is 11.3. The van der Waals surface area contributed by atoms with Gasteiger partial charge in [0.05, 0.1) is 12.7 Å². The third-order valence-corrected chi connectivity index (χ3v) is 7.08. The molecule has 0 bridgehead atoms. The van der Waals surface area contributed by atoms with Crippen molar-refractivity contribution in [2.24, 2.45) is 9.50 Å². The number of urea groups is 1. The Morgan fingerprint density at radius 2 is 2.17 bits per heavy atom. The molecule has 1 aromatic carbocycles. The minimum absolute atomic E-state index is 0.00301. The molecule has 2 aromatic rings. The lowest BCUT2D eigenvalue weighted by Crippen LogP contribution is -2.30. The average molecular weight is 431 g/mol. The second kappa shape index (κ2) is 6.89. The van der Waals surface area contributed by atoms with Gasteiger partial charge in [-0.05, 0) is 48.4 Å². The Morgan fingerprint density at radius 3 is 3.00 bits per heavy atom. The third-order valence-electron chi connectivity index (χ3n) is 5.73. The zero-order chi connectivity index (χ0) is 21.0. The van der Waals surface area contributed by atoms with Crippen molar-refractivity contribution in [2.75, 3.05) is 11.9 Å². The summed E-state index contributed by atoms with van der Waals surface area (Å²) >= 11 is 0. The molecule has 158 valence electrons. The molecule has 10 nitrogen and oxygen atoms in total. The van der Waals surface area contributed by atoms with Crippen LogP contribution in [0.4, 0.5) is 10.5 Å². The number of hydrogen-bond acceptors (Lipinski definition) is 6. The fourth-order valence-corrected chi connectivity index (χ4v) is 5.39. The second-order valence-electron chi connectivity index (χ2n) is 7.74. The summed E-state index contributed by atoms with van der Waals surface area (Å²) in [5.41, 5.74) is 4.14. The van der Waals surface area contributed by atoms with Gasteiger partial charge in [0.2, 0.25) is 5.88 Å². The number of ketones is 1. The number of aromatic nitrogens is 2. The number of anilines is 1. The fraction of sp³-hybridized carbons (Fsp3) is 0.421. The van der Waals surface area contributed by atoms with Gasteiger partial charge in [0, 0.05) is 17.7 Å². The van der Waals surface area contributed by atoms with E-state index >= 15 is 0 Å². The number of carbonyl (C=O) groups is 2. The Labute approximate surface area is 172 Å². The highest BCUT2D eigenvalue weighted by Gasteiger charge is 2.30. The first kappa shape index (κ1) is 19.2. The summed E-state index contributed by atoms with van der Waals surface area (Å²) in [6, 6.07) is 1.09. The van der Waals surface area contributed by atoms with E-state index in [9.17, 15) is 18.9 Å². The van der Waals surface area contributed by atoms with Crippen LogP contribution in [-0.4, -0.2) is 43.6 Å². The predicted octanol–water partition coefficient (Wildman–Crippen LogP) is 1.19. The van der Waals surface area contributed by atoms with Crippen LogP contribution >= 0.6 is 0 Å². The summed E-state index contributed by atoms with van der Waals surface area (Å²) in [7, 11) is -3.63. The van der Waals surface area contributed by atoms with Gasteiger partial charge in [0.25, 0.3) is 0 Å². The molecule has 0 fully saturated rings. The summed E-state index contributed by atoms with van der Waals surface area (Å²) < 4.78 is 23.5. The van der Waals surface area contributed by atoms with Crippen LogP contribution in [0.1, 0.15) is 39.9 Å². The van der Waals surface area contributed by atoms with Gasteiger partial charge >= 0.3 is 6.03 Å². The van der Waals surface area contributed by atoms with Crippen LogP contribution in [0.5, 0.6) is 5.88 Å². The molecule has 0 spiro atoms. The molecule has 2 atom stereocenters. The Morgan fingerprint density at radius 1 is 1.33 bits per heavy atom. The number of carbonyl (C=O) groups excluding carboxylic acids is 2. The van der Waals surface area contributed by atoms with Crippen LogP contribution < -0.4 is 15.2 Å². The molecule has 0 saturated carbocycles. The lowest BCUT2D eigenvalue weighted by atomic mass is 9.98. The summed E-state index contributed by atoms with van der Waals surface area (Å²) in [6.07, 6.45) is 4.09. The van der Waals surface area contributed by atoms with Crippen molar-refractivity contribution < 1.29 is 23.6 Å². The summed E-state index contributed by atoms with van der Waals surface area (Å²) in [5.74, 6) is 0.206.